The maximum Gasteiger partial charge on any atom is 0.253 e. The van der Waals surface area contributed by atoms with E-state index in [-0.39, 0.29) is 42.4 Å². The second kappa shape index (κ2) is 10.3. The number of fused-ring (bicyclic) bond motifs is 4. The van der Waals surface area contributed by atoms with Gasteiger partial charge in [0.25, 0.3) is 11.8 Å². The van der Waals surface area contributed by atoms with E-state index in [1.165, 1.54) is 17.5 Å². The number of likely N-dealkylation sites (tertiary alicyclic amines) is 3. The van der Waals surface area contributed by atoms with Crippen molar-refractivity contribution in [1.29, 1.82) is 0 Å². The van der Waals surface area contributed by atoms with Gasteiger partial charge in [0, 0.05) is 32.7 Å². The summed E-state index contributed by atoms with van der Waals surface area (Å²) in [6.45, 7) is 2.01. The predicted octanol–water partition coefficient (Wildman–Crippen LogP) is 3.43. The minimum absolute atomic E-state index is 0.0492. The molecule has 2 aliphatic carbocycles. The summed E-state index contributed by atoms with van der Waals surface area (Å²) < 4.78 is 5.90. The number of furan rings is 1. The smallest absolute Gasteiger partial charge is 0.253 e. The van der Waals surface area contributed by atoms with Crippen LogP contribution >= 0.6 is 23.2 Å². The number of hydrogen-bond donors (Lipinski definition) is 1. The molecule has 5 aliphatic rings. The van der Waals surface area contributed by atoms with Gasteiger partial charge in [-0.15, -0.1) is 23.2 Å². The van der Waals surface area contributed by atoms with Crippen LogP contribution < -0.4 is 0 Å². The molecule has 6 atom stereocenters. The average Bonchev–Trinajstić information content (AvgIpc) is 3.62. The first kappa shape index (κ1) is 28.8. The van der Waals surface area contributed by atoms with Gasteiger partial charge in [0.2, 0.25) is 11.8 Å². The van der Waals surface area contributed by atoms with E-state index in [1.54, 1.807) is 12.1 Å². The number of imide groups is 2. The van der Waals surface area contributed by atoms with E-state index >= 15 is 0 Å². The summed E-state index contributed by atoms with van der Waals surface area (Å²) in [7, 11) is 1.35. The SMILES string of the molecule is CN1C(=O)C2(Cl)CC3C(=CCC4C(=O)N(C5CCN(Cc6ccccc6)CC5)C(=O)C43)C(c3ccc(CO)o3)C2(Cl)C1=O. The molecular formula is C32H33Cl2N3O6. The summed E-state index contributed by atoms with van der Waals surface area (Å²) in [5.41, 5.74) is 1.91. The van der Waals surface area contributed by atoms with Gasteiger partial charge in [0.05, 0.1) is 17.8 Å². The van der Waals surface area contributed by atoms with Crippen LogP contribution in [-0.4, -0.2) is 79.4 Å². The van der Waals surface area contributed by atoms with Crippen molar-refractivity contribution >= 4 is 46.8 Å². The van der Waals surface area contributed by atoms with Crippen LogP contribution in [0.25, 0.3) is 0 Å². The zero-order chi connectivity index (χ0) is 30.3. The van der Waals surface area contributed by atoms with E-state index in [9.17, 15) is 24.3 Å². The van der Waals surface area contributed by atoms with Crippen LogP contribution in [0.5, 0.6) is 0 Å². The molecule has 1 N–H and O–H groups in total. The molecule has 4 amide bonds. The highest BCUT2D eigenvalue weighted by molar-refractivity contribution is 6.53. The van der Waals surface area contributed by atoms with Crippen molar-refractivity contribution in [3.63, 3.8) is 0 Å². The maximum atomic E-state index is 14.2. The number of aliphatic hydroxyl groups excluding tert-OH is 1. The van der Waals surface area contributed by atoms with Crippen molar-refractivity contribution in [2.24, 2.45) is 17.8 Å². The van der Waals surface area contributed by atoms with Crippen LogP contribution in [0.4, 0.5) is 0 Å². The van der Waals surface area contributed by atoms with Crippen molar-refractivity contribution in [3.05, 3.63) is 71.2 Å². The van der Waals surface area contributed by atoms with Crippen molar-refractivity contribution in [3.8, 4) is 0 Å². The minimum Gasteiger partial charge on any atom is -0.463 e. The van der Waals surface area contributed by atoms with Gasteiger partial charge in [-0.3, -0.25) is 33.9 Å². The number of halogens is 2. The molecule has 3 aliphatic heterocycles. The maximum absolute atomic E-state index is 14.2. The highest BCUT2D eigenvalue weighted by Crippen LogP contribution is 2.65. The number of carbonyl (C=O) groups excluding carboxylic acids is 4. The standard InChI is InChI=1S/C32H33Cl2N3O6/c1-35-29(41)31(33)15-23-21(26(32(31,34)30(35)42)24-10-7-20(17-38)43-24)8-9-22-25(23)28(40)37(27(22)39)19-11-13-36(14-12-19)16-18-5-3-2-4-6-18/h2-8,10,19,22-23,25-26,38H,9,11-17H2,1H3. The Labute approximate surface area is 259 Å². The monoisotopic (exact) mass is 625 g/mol. The van der Waals surface area contributed by atoms with E-state index in [4.69, 9.17) is 27.6 Å². The lowest BCUT2D eigenvalue weighted by Crippen LogP contribution is -2.60. The molecule has 0 spiro atoms. The molecule has 0 radical (unpaired) electrons. The number of piperidine rings is 1. The molecule has 1 aromatic carbocycles. The highest BCUT2D eigenvalue weighted by atomic mass is 35.5. The Morgan fingerprint density at radius 1 is 0.953 bits per heavy atom. The minimum atomic E-state index is -1.89. The third kappa shape index (κ3) is 4.04. The molecule has 2 aromatic rings. The summed E-state index contributed by atoms with van der Waals surface area (Å²) in [5.74, 6) is -3.95. The van der Waals surface area contributed by atoms with Crippen LogP contribution in [-0.2, 0) is 32.3 Å². The largest absolute Gasteiger partial charge is 0.463 e. The van der Waals surface area contributed by atoms with E-state index < -0.39 is 45.2 Å². The zero-order valence-corrected chi connectivity index (χ0v) is 25.3. The molecular weight excluding hydrogens is 593 g/mol. The fraction of sp³-hybridized carbons (Fsp3) is 0.500. The number of benzene rings is 1. The van der Waals surface area contributed by atoms with Gasteiger partial charge in [0.15, 0.2) is 9.75 Å². The van der Waals surface area contributed by atoms with Crippen molar-refractivity contribution in [1.82, 2.24) is 14.7 Å². The topological polar surface area (TPSA) is 111 Å². The number of nitrogens with zero attached hydrogens (tertiary/aromatic N) is 3. The number of rotatable bonds is 5. The highest BCUT2D eigenvalue weighted by Gasteiger charge is 2.76. The zero-order valence-electron chi connectivity index (χ0n) is 23.7. The average molecular weight is 627 g/mol. The molecule has 6 unspecified atom stereocenters. The Morgan fingerprint density at radius 2 is 1.67 bits per heavy atom. The first-order chi connectivity index (χ1) is 20.6. The van der Waals surface area contributed by atoms with E-state index in [2.05, 4.69) is 17.0 Å². The molecule has 0 bridgehead atoms. The van der Waals surface area contributed by atoms with Gasteiger partial charge >= 0.3 is 0 Å². The lowest BCUT2D eigenvalue weighted by atomic mass is 9.57. The normalized spacial score (nSPS) is 34.8. The van der Waals surface area contributed by atoms with Gasteiger partial charge in [-0.2, -0.15) is 0 Å². The molecule has 11 heteroatoms. The van der Waals surface area contributed by atoms with Crippen LogP contribution in [0.1, 0.15) is 48.7 Å². The van der Waals surface area contributed by atoms with Crippen LogP contribution in [0, 0.1) is 17.8 Å². The third-order valence-electron chi connectivity index (χ3n) is 10.3. The summed E-state index contributed by atoms with van der Waals surface area (Å²) in [6.07, 6.45) is 3.54. The summed E-state index contributed by atoms with van der Waals surface area (Å²) in [6, 6.07) is 13.2. The molecule has 7 rings (SSSR count). The first-order valence-electron chi connectivity index (χ1n) is 14.8. The Balaban J connectivity index is 1.19. The van der Waals surface area contributed by atoms with Crippen LogP contribution in [0.2, 0.25) is 0 Å². The fourth-order valence-corrected chi connectivity index (χ4v) is 9.25. The van der Waals surface area contributed by atoms with Crippen LogP contribution in [0.15, 0.2) is 58.5 Å². The van der Waals surface area contributed by atoms with Gasteiger partial charge in [-0.25, -0.2) is 0 Å². The summed E-state index contributed by atoms with van der Waals surface area (Å²) >= 11 is 14.3. The number of amides is 4. The third-order valence-corrected chi connectivity index (χ3v) is 11.8. The second-order valence-electron chi connectivity index (χ2n) is 12.5. The van der Waals surface area contributed by atoms with Gasteiger partial charge < -0.3 is 9.52 Å². The Morgan fingerprint density at radius 3 is 2.35 bits per heavy atom. The summed E-state index contributed by atoms with van der Waals surface area (Å²) in [4.78, 5) is 56.2. The van der Waals surface area contributed by atoms with Crippen molar-refractivity contribution in [2.75, 3.05) is 20.1 Å². The molecule has 226 valence electrons. The molecule has 4 fully saturated rings. The molecule has 1 aromatic heterocycles. The first-order valence-corrected chi connectivity index (χ1v) is 15.6. The lowest BCUT2D eigenvalue weighted by Gasteiger charge is -2.49. The van der Waals surface area contributed by atoms with Gasteiger partial charge in [-0.1, -0.05) is 42.0 Å². The van der Waals surface area contributed by atoms with E-state index in [0.29, 0.717) is 24.8 Å². The summed E-state index contributed by atoms with van der Waals surface area (Å²) in [5, 5.41) is 9.66. The van der Waals surface area contributed by atoms with Crippen molar-refractivity contribution in [2.45, 2.75) is 60.5 Å². The molecule has 43 heavy (non-hydrogen) atoms. The Kier molecular flexibility index (Phi) is 6.89. The van der Waals surface area contributed by atoms with E-state index in [0.717, 1.165) is 24.5 Å². The molecule has 3 saturated heterocycles. The number of allylic oxidation sites excluding steroid dienone is 2. The molecule has 4 heterocycles. The quantitative estimate of drug-likeness (QED) is 0.308. The van der Waals surface area contributed by atoms with Crippen LogP contribution in [0.3, 0.4) is 0 Å². The Hall–Kier alpha value is -2.98. The number of carbonyl (C=O) groups is 4. The molecule has 1 saturated carbocycles. The predicted molar refractivity (Wildman–Crippen MR) is 157 cm³/mol. The lowest BCUT2D eigenvalue weighted by molar-refractivity contribution is -0.144. The molecule has 9 nitrogen and oxygen atoms in total. The Bertz CT molecular complexity index is 1530. The van der Waals surface area contributed by atoms with Gasteiger partial charge in [-0.05, 0) is 49.3 Å². The number of hydrogen-bond acceptors (Lipinski definition) is 7. The number of aliphatic hydroxyl groups is 1. The van der Waals surface area contributed by atoms with E-state index in [1.807, 2.05) is 24.3 Å². The second-order valence-corrected chi connectivity index (χ2v) is 13.7. The van der Waals surface area contributed by atoms with Gasteiger partial charge in [0.1, 0.15) is 18.1 Å². The fourth-order valence-electron chi connectivity index (χ4n) is 8.25. The number of alkyl halides is 2. The van der Waals surface area contributed by atoms with Crippen molar-refractivity contribution < 1.29 is 28.7 Å².